The van der Waals surface area contributed by atoms with Crippen LogP contribution in [0.2, 0.25) is 0 Å². The van der Waals surface area contributed by atoms with Crippen LogP contribution in [0.4, 0.5) is 0 Å². The molecule has 0 saturated heterocycles. The summed E-state index contributed by atoms with van der Waals surface area (Å²) in [6, 6.07) is 0. The third-order valence-corrected chi connectivity index (χ3v) is 3.93. The van der Waals surface area contributed by atoms with Crippen molar-refractivity contribution in [3.05, 3.63) is 0 Å². The Hall–Kier alpha value is 0.0569. The van der Waals surface area contributed by atoms with E-state index in [1.165, 1.54) is 0 Å². The van der Waals surface area contributed by atoms with Crippen LogP contribution in [0.25, 0.3) is 0 Å². The van der Waals surface area contributed by atoms with Gasteiger partial charge in [-0.15, -0.1) is 0 Å². The molecule has 4 nitrogen and oxygen atoms in total. The van der Waals surface area contributed by atoms with Gasteiger partial charge in [-0.05, 0) is 27.8 Å². The van der Waals surface area contributed by atoms with E-state index in [1.54, 1.807) is 7.05 Å². The van der Waals surface area contributed by atoms with Crippen LogP contribution in [-0.2, 0) is 13.3 Å². The molecule has 0 spiro atoms. The first-order valence-corrected chi connectivity index (χ1v) is 6.07. The summed E-state index contributed by atoms with van der Waals surface area (Å²) in [5, 5.41) is 0. The normalized spacial score (nSPS) is 12.0. The molecule has 0 radical (unpaired) electrons. The summed E-state index contributed by atoms with van der Waals surface area (Å²) in [5.41, 5.74) is 0. The van der Waals surface area contributed by atoms with E-state index in [0.29, 0.717) is 19.8 Å². The Morgan fingerprint density at radius 3 is 1.42 bits per heavy atom. The van der Waals surface area contributed by atoms with E-state index >= 15 is 0 Å². The summed E-state index contributed by atoms with van der Waals surface area (Å²) in [5.74, 6) is 0. The maximum atomic E-state index is 5.44. The minimum atomic E-state index is -2.52. The lowest BCUT2D eigenvalue weighted by Crippen LogP contribution is -2.57. The van der Waals surface area contributed by atoms with Crippen molar-refractivity contribution in [3.63, 3.8) is 0 Å². The fourth-order valence-electron chi connectivity index (χ4n) is 0.912. The lowest BCUT2D eigenvalue weighted by Gasteiger charge is -2.26. The summed E-state index contributed by atoms with van der Waals surface area (Å²) in [6.45, 7) is 7.60. The van der Waals surface area contributed by atoms with Crippen molar-refractivity contribution in [1.29, 1.82) is 0 Å². The Kier molecular flexibility index (Phi) is 6.59. The minimum Gasteiger partial charge on any atom is -0.361 e. The van der Waals surface area contributed by atoms with Crippen molar-refractivity contribution in [2.45, 2.75) is 20.8 Å². The Bertz CT molecular complexity index is 95.8. The van der Waals surface area contributed by atoms with E-state index in [2.05, 4.69) is 4.98 Å². The number of hydrogen-bond donors (Lipinski definition) is 1. The molecule has 0 aliphatic heterocycles. The highest BCUT2D eigenvalue weighted by Gasteiger charge is 2.39. The number of rotatable bonds is 7. The molecule has 0 fully saturated rings. The van der Waals surface area contributed by atoms with Crippen LogP contribution >= 0.6 is 0 Å². The number of hydrogen-bond acceptors (Lipinski definition) is 4. The molecule has 0 atom stereocenters. The van der Waals surface area contributed by atoms with Crippen LogP contribution in [-0.4, -0.2) is 35.8 Å². The van der Waals surface area contributed by atoms with Gasteiger partial charge in [-0.1, -0.05) is 0 Å². The van der Waals surface area contributed by atoms with Crippen molar-refractivity contribution in [2.24, 2.45) is 0 Å². The molecular weight excluding hydrogens is 174 g/mol. The van der Waals surface area contributed by atoms with Crippen LogP contribution in [0.15, 0.2) is 0 Å². The van der Waals surface area contributed by atoms with E-state index in [-0.39, 0.29) is 0 Å². The van der Waals surface area contributed by atoms with Gasteiger partial charge in [-0.3, -0.25) is 4.98 Å². The second kappa shape index (κ2) is 6.56. The molecule has 1 N–H and O–H groups in total. The average Bonchev–Trinajstić information content (AvgIpc) is 2.06. The summed E-state index contributed by atoms with van der Waals surface area (Å²) in [7, 11) is -0.721. The largest absolute Gasteiger partial charge is 0.596 e. The third-order valence-electron chi connectivity index (χ3n) is 1.31. The van der Waals surface area contributed by atoms with Crippen molar-refractivity contribution < 1.29 is 13.3 Å². The second-order valence-electron chi connectivity index (χ2n) is 2.11. The topological polar surface area (TPSA) is 39.7 Å². The fourth-order valence-corrected chi connectivity index (χ4v) is 2.73. The van der Waals surface area contributed by atoms with Gasteiger partial charge in [0.25, 0.3) is 0 Å². The first-order valence-electron chi connectivity index (χ1n) is 4.35. The molecule has 74 valence electrons. The smallest absolute Gasteiger partial charge is 0.361 e. The summed E-state index contributed by atoms with van der Waals surface area (Å²) in [4.78, 5) is 2.99. The fraction of sp³-hybridized carbons (Fsp3) is 1.00. The van der Waals surface area contributed by atoms with Crippen molar-refractivity contribution >= 4 is 8.97 Å². The lowest BCUT2D eigenvalue weighted by atomic mass is 10.9. The Morgan fingerprint density at radius 2 is 1.25 bits per heavy atom. The zero-order valence-electron chi connectivity index (χ0n) is 8.35. The molecule has 0 amide bonds. The molecule has 0 heterocycles. The second-order valence-corrected chi connectivity index (χ2v) is 4.58. The molecule has 0 aliphatic carbocycles. The zero-order valence-corrected chi connectivity index (χ0v) is 9.35. The van der Waals surface area contributed by atoms with E-state index in [9.17, 15) is 0 Å². The Labute approximate surface area is 75.7 Å². The molecule has 0 aromatic rings. The van der Waals surface area contributed by atoms with Crippen LogP contribution in [0.5, 0.6) is 0 Å². The molecule has 0 aromatic heterocycles. The minimum absolute atomic E-state index is 0.604. The van der Waals surface area contributed by atoms with Gasteiger partial charge >= 0.3 is 8.97 Å². The van der Waals surface area contributed by atoms with Crippen molar-refractivity contribution in [2.75, 3.05) is 26.9 Å². The van der Waals surface area contributed by atoms with Crippen LogP contribution in [0.3, 0.4) is 0 Å². The molecule has 0 bridgehead atoms. The summed E-state index contributed by atoms with van der Waals surface area (Å²) < 4.78 is 16.3. The van der Waals surface area contributed by atoms with Gasteiger partial charge in [-0.25, -0.2) is 0 Å². The predicted octanol–water partition coefficient (Wildman–Crippen LogP) is 0.751. The SMILES string of the molecule is CCO[Si](NC)(OCC)OCC. The lowest BCUT2D eigenvalue weighted by molar-refractivity contribution is 0.0624. The van der Waals surface area contributed by atoms with Gasteiger partial charge in [0.05, 0.1) is 0 Å². The number of nitrogens with one attached hydrogen (secondary N) is 1. The standard InChI is InChI=1S/C7H19NO3Si/c1-5-9-12(8-4,10-6-2)11-7-3/h8H,5-7H2,1-4H3. The molecule has 0 aromatic carbocycles. The maximum absolute atomic E-state index is 5.44. The highest BCUT2D eigenvalue weighted by atomic mass is 28.4. The van der Waals surface area contributed by atoms with E-state index in [0.717, 1.165) is 0 Å². The Morgan fingerprint density at radius 1 is 0.917 bits per heavy atom. The van der Waals surface area contributed by atoms with E-state index < -0.39 is 8.97 Å². The Balaban J connectivity index is 4.06. The molecule has 0 unspecified atom stereocenters. The van der Waals surface area contributed by atoms with Gasteiger partial charge in [0, 0.05) is 19.8 Å². The molecule has 12 heavy (non-hydrogen) atoms. The first-order chi connectivity index (χ1) is 5.74. The summed E-state index contributed by atoms with van der Waals surface area (Å²) in [6.07, 6.45) is 0. The van der Waals surface area contributed by atoms with Crippen LogP contribution in [0, 0.1) is 0 Å². The first kappa shape index (κ1) is 12.1. The quantitative estimate of drug-likeness (QED) is 0.606. The van der Waals surface area contributed by atoms with E-state index in [1.807, 2.05) is 20.8 Å². The van der Waals surface area contributed by atoms with Gasteiger partial charge < -0.3 is 13.3 Å². The van der Waals surface area contributed by atoms with Gasteiger partial charge in [-0.2, -0.15) is 0 Å². The third kappa shape index (κ3) is 3.64. The molecular formula is C7H19NO3Si. The van der Waals surface area contributed by atoms with Crippen molar-refractivity contribution in [1.82, 2.24) is 4.98 Å². The monoisotopic (exact) mass is 193 g/mol. The molecule has 0 rings (SSSR count). The highest BCUT2D eigenvalue weighted by molar-refractivity contribution is 6.57. The van der Waals surface area contributed by atoms with Crippen LogP contribution in [0.1, 0.15) is 20.8 Å². The van der Waals surface area contributed by atoms with Gasteiger partial charge in [0.15, 0.2) is 0 Å². The van der Waals surface area contributed by atoms with Crippen LogP contribution < -0.4 is 4.98 Å². The van der Waals surface area contributed by atoms with Gasteiger partial charge in [0.2, 0.25) is 0 Å². The molecule has 5 heteroatoms. The molecule has 0 saturated carbocycles. The van der Waals surface area contributed by atoms with Crippen molar-refractivity contribution in [3.8, 4) is 0 Å². The van der Waals surface area contributed by atoms with Gasteiger partial charge in [0.1, 0.15) is 0 Å². The average molecular weight is 193 g/mol. The zero-order chi connectivity index (χ0) is 9.45. The maximum Gasteiger partial charge on any atom is 0.596 e. The summed E-state index contributed by atoms with van der Waals surface area (Å²) >= 11 is 0. The predicted molar refractivity (Wildman–Crippen MR) is 49.7 cm³/mol. The molecule has 0 aliphatic rings. The van der Waals surface area contributed by atoms with E-state index in [4.69, 9.17) is 13.3 Å². The highest BCUT2D eigenvalue weighted by Crippen LogP contribution is 2.04.